The summed E-state index contributed by atoms with van der Waals surface area (Å²) >= 11 is 0. The number of aromatic nitrogens is 1. The molecule has 3 aromatic rings. The van der Waals surface area contributed by atoms with Crippen LogP contribution in [-0.4, -0.2) is 65.7 Å². The molecule has 1 atom stereocenters. The van der Waals surface area contributed by atoms with Gasteiger partial charge in [-0.15, -0.1) is 0 Å². The molecule has 7 rings (SSSR count). The first-order chi connectivity index (χ1) is 23.9. The van der Waals surface area contributed by atoms with E-state index < -0.39 is 59.1 Å². The first kappa shape index (κ1) is 34.6. The number of carbonyl (C=O) groups excluding carboxylic acids is 6. The molecule has 264 valence electrons. The number of ether oxygens (including phenoxy) is 1. The Morgan fingerprint density at radius 2 is 1.66 bits per heavy atom. The van der Waals surface area contributed by atoms with Gasteiger partial charge >= 0.3 is 5.97 Å². The van der Waals surface area contributed by atoms with Crippen molar-refractivity contribution >= 4 is 52.0 Å². The average molecular weight is 688 g/mol. The van der Waals surface area contributed by atoms with Crippen LogP contribution in [0.25, 0.3) is 11.0 Å². The van der Waals surface area contributed by atoms with Crippen LogP contribution < -0.4 is 26.8 Å². The SMILES string of the molecule is CNC(=O)C(=O)CC[C@H](NC(=O)c1oc2ccccc2c1C)C(=O)Nc1cccn(CC(=O)NC2(C(=O)OC)C3CC4CC(C3)CC2C4)c1=O. The molecule has 4 aliphatic rings. The molecule has 0 radical (unpaired) electrons. The van der Waals surface area contributed by atoms with Gasteiger partial charge in [-0.1, -0.05) is 18.2 Å². The fraction of sp³-hybridized carbons (Fsp3) is 0.472. The molecule has 4 amide bonds. The summed E-state index contributed by atoms with van der Waals surface area (Å²) in [5.41, 5.74) is -1.01. The largest absolute Gasteiger partial charge is 0.467 e. The van der Waals surface area contributed by atoms with Crippen molar-refractivity contribution in [2.45, 2.75) is 70.0 Å². The van der Waals surface area contributed by atoms with Crippen LogP contribution in [0.4, 0.5) is 5.69 Å². The molecule has 0 saturated heterocycles. The fourth-order valence-electron chi connectivity index (χ4n) is 8.50. The number of pyridine rings is 1. The van der Waals surface area contributed by atoms with Crippen LogP contribution in [0.1, 0.15) is 61.1 Å². The van der Waals surface area contributed by atoms with Crippen molar-refractivity contribution in [2.24, 2.45) is 23.7 Å². The Hall–Kier alpha value is -5.27. The van der Waals surface area contributed by atoms with Crippen molar-refractivity contribution in [1.82, 2.24) is 20.5 Å². The number of methoxy groups -OCH3 is 1. The first-order valence-electron chi connectivity index (χ1n) is 16.9. The van der Waals surface area contributed by atoms with Crippen molar-refractivity contribution in [3.63, 3.8) is 0 Å². The van der Waals surface area contributed by atoms with Gasteiger partial charge in [0.1, 0.15) is 29.4 Å². The highest BCUT2D eigenvalue weighted by atomic mass is 16.5. The summed E-state index contributed by atoms with van der Waals surface area (Å²) < 4.78 is 12.1. The molecule has 50 heavy (non-hydrogen) atoms. The number of amides is 4. The third kappa shape index (κ3) is 6.41. The van der Waals surface area contributed by atoms with Gasteiger partial charge in [-0.05, 0) is 87.3 Å². The standard InChI is InChI=1S/C36H41N5O9/c1-19-24-7-4-5-9-28(24)50-30(19)33(46)38-25(10-11-27(42)32(45)37-2)31(44)39-26-8-6-12-41(34(26)47)18-29(43)40-36(35(48)49-3)22-14-20-13-21(16-22)17-23(36)15-20/h4-9,12,20-23,25H,10-11,13-18H2,1-3H3,(H,37,45)(H,38,46)(H,39,44)(H,40,43)/t20?,21?,22?,23?,25-,36?/m0/s1. The molecular weight excluding hydrogens is 646 g/mol. The van der Waals surface area contributed by atoms with Crippen molar-refractivity contribution in [1.29, 1.82) is 0 Å². The zero-order chi connectivity index (χ0) is 35.7. The summed E-state index contributed by atoms with van der Waals surface area (Å²) in [7, 11) is 2.62. The van der Waals surface area contributed by atoms with Gasteiger partial charge in [-0.2, -0.15) is 0 Å². The predicted molar refractivity (Wildman–Crippen MR) is 180 cm³/mol. The molecule has 2 aromatic heterocycles. The van der Waals surface area contributed by atoms with Gasteiger partial charge in [0.2, 0.25) is 17.6 Å². The number of nitrogens with one attached hydrogen (secondary N) is 4. The van der Waals surface area contributed by atoms with Crippen LogP contribution in [0.15, 0.2) is 51.8 Å². The number of furan rings is 1. The van der Waals surface area contributed by atoms with E-state index in [2.05, 4.69) is 21.3 Å². The van der Waals surface area contributed by atoms with E-state index in [4.69, 9.17) is 9.15 Å². The normalized spacial score (nSPS) is 23.9. The lowest BCUT2D eigenvalue weighted by atomic mass is 9.48. The van der Waals surface area contributed by atoms with E-state index in [1.54, 1.807) is 31.2 Å². The Morgan fingerprint density at radius 1 is 0.980 bits per heavy atom. The molecule has 0 spiro atoms. The second-order valence-electron chi connectivity index (χ2n) is 13.7. The molecule has 4 N–H and O–H groups in total. The summed E-state index contributed by atoms with van der Waals surface area (Å²) in [5, 5.41) is 11.0. The number of para-hydroxylation sites is 1. The molecule has 0 unspecified atom stereocenters. The number of anilines is 1. The summed E-state index contributed by atoms with van der Waals surface area (Å²) in [6.07, 6.45) is 5.27. The maximum atomic E-state index is 13.6. The van der Waals surface area contributed by atoms with Crippen molar-refractivity contribution in [3.8, 4) is 0 Å². The van der Waals surface area contributed by atoms with Crippen molar-refractivity contribution < 1.29 is 37.9 Å². The highest BCUT2D eigenvalue weighted by Crippen LogP contribution is 2.58. The van der Waals surface area contributed by atoms with E-state index in [9.17, 15) is 33.6 Å². The van der Waals surface area contributed by atoms with E-state index in [0.717, 1.165) is 36.7 Å². The number of fused-ring (bicyclic) bond motifs is 1. The van der Waals surface area contributed by atoms with Crippen LogP contribution >= 0.6 is 0 Å². The predicted octanol–water partition coefficient (Wildman–Crippen LogP) is 2.22. The van der Waals surface area contributed by atoms with E-state index in [-0.39, 0.29) is 36.1 Å². The lowest BCUT2D eigenvalue weighted by molar-refractivity contribution is -0.171. The Morgan fingerprint density at radius 3 is 2.30 bits per heavy atom. The lowest BCUT2D eigenvalue weighted by Gasteiger charge is -2.59. The second-order valence-corrected chi connectivity index (χ2v) is 13.7. The molecule has 14 heteroatoms. The maximum absolute atomic E-state index is 13.6. The maximum Gasteiger partial charge on any atom is 0.332 e. The lowest BCUT2D eigenvalue weighted by Crippen LogP contribution is -2.70. The number of aryl methyl sites for hydroxylation is 1. The molecule has 4 bridgehead atoms. The summed E-state index contributed by atoms with van der Waals surface area (Å²) in [5.74, 6) is -3.23. The number of carbonyl (C=O) groups is 6. The van der Waals surface area contributed by atoms with Gasteiger partial charge in [0, 0.05) is 30.6 Å². The molecule has 2 heterocycles. The third-order valence-electron chi connectivity index (χ3n) is 10.7. The number of nitrogens with zero attached hydrogens (tertiary/aromatic N) is 1. The molecular formula is C36H41N5O9. The van der Waals surface area contributed by atoms with Crippen LogP contribution in [0.5, 0.6) is 0 Å². The molecule has 4 fully saturated rings. The van der Waals surface area contributed by atoms with Gasteiger partial charge < -0.3 is 35.0 Å². The summed E-state index contributed by atoms with van der Waals surface area (Å²) in [6.45, 7) is 1.28. The van der Waals surface area contributed by atoms with Crippen LogP contribution in [-0.2, 0) is 35.3 Å². The van der Waals surface area contributed by atoms with Crippen molar-refractivity contribution in [2.75, 3.05) is 19.5 Å². The van der Waals surface area contributed by atoms with E-state index in [1.165, 1.54) is 32.5 Å². The fourth-order valence-corrected chi connectivity index (χ4v) is 8.50. The number of hydrogen-bond acceptors (Lipinski definition) is 9. The number of esters is 1. The number of hydrogen-bond donors (Lipinski definition) is 4. The zero-order valence-corrected chi connectivity index (χ0v) is 28.2. The number of likely N-dealkylation sites (N-methyl/N-ethyl adjacent to an activating group) is 1. The van der Waals surface area contributed by atoms with Crippen LogP contribution in [0.2, 0.25) is 0 Å². The van der Waals surface area contributed by atoms with Crippen molar-refractivity contribution in [3.05, 3.63) is 64.3 Å². The molecule has 0 aliphatic heterocycles. The minimum Gasteiger partial charge on any atom is -0.467 e. The number of Topliss-reactive ketones (excluding diaryl/α,β-unsaturated/α-hetero) is 1. The Balaban J connectivity index is 1.18. The zero-order valence-electron chi connectivity index (χ0n) is 28.2. The molecule has 14 nitrogen and oxygen atoms in total. The van der Waals surface area contributed by atoms with Gasteiger partial charge in [-0.25, -0.2) is 4.79 Å². The summed E-state index contributed by atoms with van der Waals surface area (Å²) in [4.78, 5) is 91.4. The van der Waals surface area contributed by atoms with Gasteiger partial charge in [0.25, 0.3) is 17.4 Å². The monoisotopic (exact) mass is 687 g/mol. The van der Waals surface area contributed by atoms with Crippen LogP contribution in [0.3, 0.4) is 0 Å². The third-order valence-corrected chi connectivity index (χ3v) is 10.7. The Labute approximate surface area is 287 Å². The Bertz CT molecular complexity index is 1900. The summed E-state index contributed by atoms with van der Waals surface area (Å²) in [6, 6.07) is 8.51. The average Bonchev–Trinajstić information content (AvgIpc) is 3.44. The number of rotatable bonds is 12. The molecule has 4 aliphatic carbocycles. The van der Waals surface area contributed by atoms with Gasteiger partial charge in [-0.3, -0.25) is 28.8 Å². The quantitative estimate of drug-likeness (QED) is 0.163. The number of ketones is 1. The molecule has 4 saturated carbocycles. The van der Waals surface area contributed by atoms with E-state index >= 15 is 0 Å². The van der Waals surface area contributed by atoms with Gasteiger partial charge in [0.15, 0.2) is 5.76 Å². The van der Waals surface area contributed by atoms with Gasteiger partial charge in [0.05, 0.1) is 7.11 Å². The van der Waals surface area contributed by atoms with Crippen LogP contribution in [0, 0.1) is 30.6 Å². The second kappa shape index (κ2) is 13.9. The highest BCUT2D eigenvalue weighted by molar-refractivity contribution is 6.36. The molecule has 1 aromatic carbocycles. The Kier molecular flexibility index (Phi) is 9.63. The topological polar surface area (TPSA) is 195 Å². The highest BCUT2D eigenvalue weighted by Gasteiger charge is 2.62. The number of benzene rings is 1. The minimum absolute atomic E-state index is 0.0291. The van der Waals surface area contributed by atoms with E-state index in [1.807, 2.05) is 0 Å². The smallest absolute Gasteiger partial charge is 0.332 e. The minimum atomic E-state index is -1.35. The first-order valence-corrected chi connectivity index (χ1v) is 16.9. The van der Waals surface area contributed by atoms with E-state index in [0.29, 0.717) is 28.4 Å².